The number of aromatic amines is 1. The molecule has 0 saturated heterocycles. The number of carbonyl (C=O) groups excluding carboxylic acids is 1. The third-order valence-electron chi connectivity index (χ3n) is 1.20. The summed E-state index contributed by atoms with van der Waals surface area (Å²) in [5.74, 6) is -0.237. The second-order valence-corrected chi connectivity index (χ2v) is 2.71. The van der Waals surface area contributed by atoms with Crippen LogP contribution < -0.4 is 5.32 Å². The summed E-state index contributed by atoms with van der Waals surface area (Å²) in [5.41, 5.74) is 0.363. The molecule has 1 amide bonds. The quantitative estimate of drug-likeness (QED) is 0.700. The molecule has 0 fully saturated rings. The van der Waals surface area contributed by atoms with Gasteiger partial charge < -0.3 is 10.3 Å². The van der Waals surface area contributed by atoms with E-state index < -0.39 is 0 Å². The zero-order valence-corrected chi connectivity index (χ0v) is 7.25. The Morgan fingerprint density at radius 1 is 1.64 bits per heavy atom. The number of rotatable bonds is 1. The van der Waals surface area contributed by atoms with E-state index in [4.69, 9.17) is 23.2 Å². The minimum absolute atomic E-state index is 0.237. The summed E-state index contributed by atoms with van der Waals surface area (Å²) >= 11 is 11.2. The lowest BCUT2D eigenvalue weighted by molar-refractivity contribution is 0.0959. The zero-order chi connectivity index (χ0) is 8.43. The molecule has 0 bridgehead atoms. The van der Waals surface area contributed by atoms with Crippen molar-refractivity contribution in [3.05, 3.63) is 21.9 Å². The first kappa shape index (κ1) is 8.43. The molecule has 2 N–H and O–H groups in total. The second-order valence-electron chi connectivity index (χ2n) is 1.92. The number of hydrogen-bond acceptors (Lipinski definition) is 1. The summed E-state index contributed by atoms with van der Waals surface area (Å²) < 4.78 is 0. The molecule has 0 radical (unpaired) electrons. The molecular formula is C6H6Cl2N2O. The number of aromatic nitrogens is 1. The monoisotopic (exact) mass is 192 g/mol. The largest absolute Gasteiger partial charge is 0.354 e. The molecular weight excluding hydrogens is 187 g/mol. The predicted octanol–water partition coefficient (Wildman–Crippen LogP) is 1.68. The van der Waals surface area contributed by atoms with E-state index in [1.165, 1.54) is 13.1 Å². The van der Waals surface area contributed by atoms with Crippen LogP contribution in [-0.4, -0.2) is 17.9 Å². The van der Waals surface area contributed by atoms with Crippen molar-refractivity contribution in [2.45, 2.75) is 0 Å². The Kier molecular flexibility index (Phi) is 2.42. The summed E-state index contributed by atoms with van der Waals surface area (Å²) in [5, 5.41) is 3.07. The van der Waals surface area contributed by atoms with Gasteiger partial charge in [-0.05, 0) is 6.07 Å². The maximum Gasteiger partial charge on any atom is 0.267 e. The molecule has 0 aliphatic heterocycles. The fourth-order valence-corrected chi connectivity index (χ4v) is 0.974. The summed E-state index contributed by atoms with van der Waals surface area (Å²) in [7, 11) is 1.53. The van der Waals surface area contributed by atoms with Crippen molar-refractivity contribution in [2.75, 3.05) is 7.05 Å². The Bertz CT molecular complexity index is 263. The third-order valence-corrected chi connectivity index (χ3v) is 1.89. The molecule has 0 spiro atoms. The average molecular weight is 193 g/mol. The predicted molar refractivity (Wildman–Crippen MR) is 44.2 cm³/mol. The van der Waals surface area contributed by atoms with Crippen molar-refractivity contribution in [1.82, 2.24) is 10.3 Å². The van der Waals surface area contributed by atoms with E-state index in [2.05, 4.69) is 10.3 Å². The van der Waals surface area contributed by atoms with Gasteiger partial charge in [0.1, 0.15) is 10.8 Å². The number of carbonyl (C=O) groups is 1. The molecule has 1 aromatic rings. The first-order valence-corrected chi connectivity index (χ1v) is 3.67. The molecule has 1 aromatic heterocycles. The Morgan fingerprint density at radius 2 is 2.27 bits per heavy atom. The van der Waals surface area contributed by atoms with Crippen LogP contribution in [0.25, 0.3) is 0 Å². The van der Waals surface area contributed by atoms with Crippen molar-refractivity contribution in [3.8, 4) is 0 Å². The van der Waals surface area contributed by atoms with Crippen LogP contribution in [0.15, 0.2) is 6.07 Å². The topological polar surface area (TPSA) is 44.9 Å². The maximum atomic E-state index is 10.9. The SMILES string of the molecule is CNC(=O)c1cc(Cl)c(Cl)[nH]1. The standard InChI is InChI=1S/C6H6Cl2N2O/c1-9-6(11)4-2-3(7)5(8)10-4/h2,10H,1H3,(H,9,11). The van der Waals surface area contributed by atoms with Crippen LogP contribution in [0.5, 0.6) is 0 Å². The molecule has 0 saturated carbocycles. The Balaban J connectivity index is 2.97. The molecule has 0 aliphatic carbocycles. The first-order chi connectivity index (χ1) is 5.15. The summed E-state index contributed by atoms with van der Waals surface area (Å²) in [4.78, 5) is 13.5. The van der Waals surface area contributed by atoms with Crippen LogP contribution in [0, 0.1) is 0 Å². The van der Waals surface area contributed by atoms with Gasteiger partial charge in [-0.15, -0.1) is 0 Å². The summed E-state index contributed by atoms with van der Waals surface area (Å²) in [6.07, 6.45) is 0. The number of hydrogen-bond donors (Lipinski definition) is 2. The van der Waals surface area contributed by atoms with Crippen molar-refractivity contribution in [3.63, 3.8) is 0 Å². The highest BCUT2D eigenvalue weighted by molar-refractivity contribution is 6.41. The van der Waals surface area contributed by atoms with Gasteiger partial charge in [-0.2, -0.15) is 0 Å². The number of nitrogens with one attached hydrogen (secondary N) is 2. The lowest BCUT2D eigenvalue weighted by Gasteiger charge is -1.92. The van der Waals surface area contributed by atoms with Gasteiger partial charge in [-0.1, -0.05) is 23.2 Å². The van der Waals surface area contributed by atoms with Crippen molar-refractivity contribution < 1.29 is 4.79 Å². The minimum atomic E-state index is -0.237. The molecule has 0 aliphatic rings. The highest BCUT2D eigenvalue weighted by atomic mass is 35.5. The lowest BCUT2D eigenvalue weighted by Crippen LogP contribution is -2.17. The number of amides is 1. The highest BCUT2D eigenvalue weighted by Crippen LogP contribution is 2.21. The van der Waals surface area contributed by atoms with Gasteiger partial charge >= 0.3 is 0 Å². The van der Waals surface area contributed by atoms with E-state index in [0.29, 0.717) is 10.7 Å². The van der Waals surface area contributed by atoms with Gasteiger partial charge in [0.15, 0.2) is 0 Å². The van der Waals surface area contributed by atoms with Gasteiger partial charge in [0.25, 0.3) is 5.91 Å². The van der Waals surface area contributed by atoms with Gasteiger partial charge in [-0.3, -0.25) is 4.79 Å². The van der Waals surface area contributed by atoms with Crippen LogP contribution in [0.4, 0.5) is 0 Å². The molecule has 0 unspecified atom stereocenters. The van der Waals surface area contributed by atoms with Gasteiger partial charge in [-0.25, -0.2) is 0 Å². The third kappa shape index (κ3) is 1.67. The number of H-pyrrole nitrogens is 1. The normalized spacial score (nSPS) is 9.73. The smallest absolute Gasteiger partial charge is 0.267 e. The van der Waals surface area contributed by atoms with Crippen LogP contribution in [0.1, 0.15) is 10.5 Å². The summed E-state index contributed by atoms with van der Waals surface area (Å²) in [6, 6.07) is 1.47. The first-order valence-electron chi connectivity index (χ1n) is 2.91. The second kappa shape index (κ2) is 3.15. The molecule has 3 nitrogen and oxygen atoms in total. The van der Waals surface area contributed by atoms with Crippen molar-refractivity contribution >= 4 is 29.1 Å². The summed E-state index contributed by atoms with van der Waals surface area (Å²) in [6.45, 7) is 0. The minimum Gasteiger partial charge on any atom is -0.354 e. The van der Waals surface area contributed by atoms with Gasteiger partial charge in [0, 0.05) is 7.05 Å². The molecule has 5 heteroatoms. The Hall–Kier alpha value is -0.670. The Morgan fingerprint density at radius 3 is 2.64 bits per heavy atom. The molecule has 0 atom stereocenters. The van der Waals surface area contributed by atoms with Crippen LogP contribution in [0.3, 0.4) is 0 Å². The molecule has 1 heterocycles. The van der Waals surface area contributed by atoms with Gasteiger partial charge in [0.05, 0.1) is 5.02 Å². The molecule has 11 heavy (non-hydrogen) atoms. The molecule has 1 rings (SSSR count). The fourth-order valence-electron chi connectivity index (χ4n) is 0.661. The molecule has 60 valence electrons. The average Bonchev–Trinajstić information content (AvgIpc) is 2.31. The molecule has 0 aromatic carbocycles. The van der Waals surface area contributed by atoms with Crippen LogP contribution in [0.2, 0.25) is 10.2 Å². The lowest BCUT2D eigenvalue weighted by atomic mass is 10.4. The van der Waals surface area contributed by atoms with Crippen LogP contribution >= 0.6 is 23.2 Å². The maximum absolute atomic E-state index is 10.9. The van der Waals surface area contributed by atoms with E-state index in [1.54, 1.807) is 0 Å². The van der Waals surface area contributed by atoms with E-state index >= 15 is 0 Å². The van der Waals surface area contributed by atoms with Crippen LogP contribution in [-0.2, 0) is 0 Å². The fraction of sp³-hybridized carbons (Fsp3) is 0.167. The number of halogens is 2. The zero-order valence-electron chi connectivity index (χ0n) is 5.74. The van der Waals surface area contributed by atoms with Gasteiger partial charge in [0.2, 0.25) is 0 Å². The van der Waals surface area contributed by atoms with E-state index in [1.807, 2.05) is 0 Å². The van der Waals surface area contributed by atoms with Crippen molar-refractivity contribution in [2.24, 2.45) is 0 Å². The highest BCUT2D eigenvalue weighted by Gasteiger charge is 2.08. The van der Waals surface area contributed by atoms with E-state index in [-0.39, 0.29) is 11.1 Å². The van der Waals surface area contributed by atoms with Crippen molar-refractivity contribution in [1.29, 1.82) is 0 Å². The van der Waals surface area contributed by atoms with E-state index in [9.17, 15) is 4.79 Å². The Labute approximate surface area is 73.7 Å². The van der Waals surface area contributed by atoms with E-state index in [0.717, 1.165) is 0 Å².